The zero-order valence-corrected chi connectivity index (χ0v) is 12.2. The van der Waals surface area contributed by atoms with Gasteiger partial charge in [0.1, 0.15) is 6.04 Å². The molecule has 1 aromatic carbocycles. The van der Waals surface area contributed by atoms with Crippen molar-refractivity contribution in [2.24, 2.45) is 0 Å². The van der Waals surface area contributed by atoms with Gasteiger partial charge in [0.15, 0.2) is 11.5 Å². The summed E-state index contributed by atoms with van der Waals surface area (Å²) in [5.74, 6) is 1.35. The molecule has 1 saturated carbocycles. The Morgan fingerprint density at radius 1 is 1.15 bits per heavy atom. The Hall–Kier alpha value is -1.73. The van der Waals surface area contributed by atoms with Gasteiger partial charge in [0, 0.05) is 6.04 Å². The van der Waals surface area contributed by atoms with Crippen LogP contribution in [0.4, 0.5) is 0 Å². The maximum Gasteiger partial charge on any atom is 0.161 e. The zero-order chi connectivity index (χ0) is 14.4. The fraction of sp³-hybridized carbons (Fsp3) is 0.562. The summed E-state index contributed by atoms with van der Waals surface area (Å²) in [5.41, 5.74) is 0.927. The highest BCUT2D eigenvalue weighted by atomic mass is 16.5. The Morgan fingerprint density at radius 2 is 1.85 bits per heavy atom. The van der Waals surface area contributed by atoms with E-state index >= 15 is 0 Å². The van der Waals surface area contributed by atoms with Gasteiger partial charge in [0.25, 0.3) is 0 Å². The van der Waals surface area contributed by atoms with Crippen LogP contribution in [0.3, 0.4) is 0 Å². The van der Waals surface area contributed by atoms with Crippen LogP contribution in [0.25, 0.3) is 0 Å². The van der Waals surface area contributed by atoms with Crippen LogP contribution < -0.4 is 14.8 Å². The van der Waals surface area contributed by atoms with Crippen molar-refractivity contribution in [2.75, 3.05) is 14.2 Å². The molecule has 0 heterocycles. The fourth-order valence-corrected chi connectivity index (χ4v) is 2.75. The number of hydrogen-bond donors (Lipinski definition) is 1. The minimum Gasteiger partial charge on any atom is -0.493 e. The molecule has 108 valence electrons. The van der Waals surface area contributed by atoms with Gasteiger partial charge in [-0.25, -0.2) is 0 Å². The first-order chi connectivity index (χ1) is 9.78. The van der Waals surface area contributed by atoms with Crippen LogP contribution in [0.15, 0.2) is 18.2 Å². The van der Waals surface area contributed by atoms with Gasteiger partial charge in [-0.15, -0.1) is 0 Å². The van der Waals surface area contributed by atoms with E-state index in [1.165, 1.54) is 19.3 Å². The van der Waals surface area contributed by atoms with E-state index in [-0.39, 0.29) is 6.04 Å². The molecule has 0 amide bonds. The van der Waals surface area contributed by atoms with Crippen molar-refractivity contribution < 1.29 is 9.47 Å². The number of nitrogens with one attached hydrogen (secondary N) is 1. The highest BCUT2D eigenvalue weighted by Gasteiger charge is 2.20. The second-order valence-electron chi connectivity index (χ2n) is 5.18. The second-order valence-corrected chi connectivity index (χ2v) is 5.18. The lowest BCUT2D eigenvalue weighted by atomic mass is 9.94. The zero-order valence-electron chi connectivity index (χ0n) is 12.2. The predicted molar refractivity (Wildman–Crippen MR) is 77.9 cm³/mol. The monoisotopic (exact) mass is 274 g/mol. The summed E-state index contributed by atoms with van der Waals surface area (Å²) in [6, 6.07) is 8.15. The molecular weight excluding hydrogens is 252 g/mol. The lowest BCUT2D eigenvalue weighted by molar-refractivity contribution is 0.349. The second kappa shape index (κ2) is 7.16. The number of nitrogens with zero attached hydrogens (tertiary/aromatic N) is 1. The molecule has 1 aromatic rings. The molecule has 1 fully saturated rings. The standard InChI is InChI=1S/C16H22N2O2/c1-19-15-9-8-12(10-16(15)20-2)14(11-17)18-13-6-4-3-5-7-13/h8-10,13-14,18H,3-7H2,1-2H3. The molecule has 2 rings (SSSR count). The molecule has 4 heteroatoms. The fourth-order valence-electron chi connectivity index (χ4n) is 2.75. The molecule has 0 bridgehead atoms. The quantitative estimate of drug-likeness (QED) is 0.896. The number of hydrogen-bond acceptors (Lipinski definition) is 4. The summed E-state index contributed by atoms with van der Waals surface area (Å²) < 4.78 is 10.5. The third-order valence-electron chi connectivity index (χ3n) is 3.88. The Kier molecular flexibility index (Phi) is 5.25. The molecule has 1 N–H and O–H groups in total. The summed E-state index contributed by atoms with van der Waals surface area (Å²) in [7, 11) is 3.22. The highest BCUT2D eigenvalue weighted by molar-refractivity contribution is 5.44. The number of ether oxygens (including phenoxy) is 2. The molecule has 20 heavy (non-hydrogen) atoms. The van der Waals surface area contributed by atoms with Gasteiger partial charge in [-0.05, 0) is 30.5 Å². The minimum absolute atomic E-state index is 0.294. The van der Waals surface area contributed by atoms with Crippen LogP contribution in [0.2, 0.25) is 0 Å². The average molecular weight is 274 g/mol. The summed E-state index contributed by atoms with van der Waals surface area (Å²) in [5, 5.41) is 12.9. The third-order valence-corrected chi connectivity index (χ3v) is 3.88. The summed E-state index contributed by atoms with van der Waals surface area (Å²) in [6.07, 6.45) is 6.13. The summed E-state index contributed by atoms with van der Waals surface area (Å²) in [6.45, 7) is 0. The Morgan fingerprint density at radius 3 is 2.45 bits per heavy atom. The smallest absolute Gasteiger partial charge is 0.161 e. The van der Waals surface area contributed by atoms with Crippen molar-refractivity contribution in [3.8, 4) is 17.6 Å². The number of nitriles is 1. The van der Waals surface area contributed by atoms with E-state index in [0.717, 1.165) is 18.4 Å². The van der Waals surface area contributed by atoms with Crippen molar-refractivity contribution in [1.82, 2.24) is 5.32 Å². The first-order valence-electron chi connectivity index (χ1n) is 7.16. The van der Waals surface area contributed by atoms with Crippen LogP contribution in [0, 0.1) is 11.3 Å². The molecule has 4 nitrogen and oxygen atoms in total. The van der Waals surface area contributed by atoms with Gasteiger partial charge in [-0.2, -0.15) is 5.26 Å². The van der Waals surface area contributed by atoms with Crippen LogP contribution in [-0.2, 0) is 0 Å². The largest absolute Gasteiger partial charge is 0.493 e. The van der Waals surface area contributed by atoms with Crippen molar-refractivity contribution in [3.63, 3.8) is 0 Å². The van der Waals surface area contributed by atoms with Gasteiger partial charge >= 0.3 is 0 Å². The van der Waals surface area contributed by atoms with Crippen molar-refractivity contribution >= 4 is 0 Å². The maximum atomic E-state index is 9.42. The van der Waals surface area contributed by atoms with Crippen LogP contribution in [0.1, 0.15) is 43.7 Å². The van der Waals surface area contributed by atoms with E-state index < -0.39 is 0 Å². The Balaban J connectivity index is 2.12. The molecule has 0 saturated heterocycles. The molecular formula is C16H22N2O2. The van der Waals surface area contributed by atoms with E-state index in [4.69, 9.17) is 9.47 Å². The normalized spacial score (nSPS) is 17.2. The summed E-state index contributed by atoms with van der Waals surface area (Å²) in [4.78, 5) is 0. The van der Waals surface area contributed by atoms with Crippen molar-refractivity contribution in [1.29, 1.82) is 5.26 Å². The van der Waals surface area contributed by atoms with E-state index in [0.29, 0.717) is 17.5 Å². The van der Waals surface area contributed by atoms with E-state index in [2.05, 4.69) is 11.4 Å². The van der Waals surface area contributed by atoms with E-state index in [1.807, 2.05) is 18.2 Å². The SMILES string of the molecule is COc1ccc(C(C#N)NC2CCCCC2)cc1OC. The lowest BCUT2D eigenvalue weighted by Gasteiger charge is -2.25. The third kappa shape index (κ3) is 3.43. The Bertz CT molecular complexity index is 476. The van der Waals surface area contributed by atoms with Gasteiger partial charge in [-0.3, -0.25) is 5.32 Å². The molecule has 0 spiro atoms. The van der Waals surface area contributed by atoms with E-state index in [1.54, 1.807) is 14.2 Å². The van der Waals surface area contributed by atoms with Gasteiger partial charge in [-0.1, -0.05) is 25.3 Å². The average Bonchev–Trinajstić information content (AvgIpc) is 2.53. The first kappa shape index (κ1) is 14.7. The number of rotatable bonds is 5. The molecule has 0 aromatic heterocycles. The van der Waals surface area contributed by atoms with Gasteiger partial charge in [0.05, 0.1) is 20.3 Å². The number of benzene rings is 1. The molecule has 0 radical (unpaired) electrons. The molecule has 0 aliphatic heterocycles. The topological polar surface area (TPSA) is 54.3 Å². The van der Waals surface area contributed by atoms with Gasteiger partial charge < -0.3 is 9.47 Å². The van der Waals surface area contributed by atoms with Gasteiger partial charge in [0.2, 0.25) is 0 Å². The molecule has 1 aliphatic carbocycles. The molecule has 1 atom stereocenters. The Labute approximate surface area is 120 Å². The predicted octanol–water partition coefficient (Wildman–Crippen LogP) is 3.19. The maximum absolute atomic E-state index is 9.42. The minimum atomic E-state index is -0.294. The molecule has 1 unspecified atom stereocenters. The lowest BCUT2D eigenvalue weighted by Crippen LogP contribution is -2.33. The highest BCUT2D eigenvalue weighted by Crippen LogP contribution is 2.30. The first-order valence-corrected chi connectivity index (χ1v) is 7.16. The van der Waals surface area contributed by atoms with E-state index in [9.17, 15) is 5.26 Å². The van der Waals surface area contributed by atoms with Crippen molar-refractivity contribution in [2.45, 2.75) is 44.2 Å². The number of methoxy groups -OCH3 is 2. The molecule has 1 aliphatic rings. The van der Waals surface area contributed by atoms with Crippen LogP contribution >= 0.6 is 0 Å². The van der Waals surface area contributed by atoms with Crippen molar-refractivity contribution in [3.05, 3.63) is 23.8 Å². The van der Waals surface area contributed by atoms with Crippen LogP contribution in [-0.4, -0.2) is 20.3 Å². The summed E-state index contributed by atoms with van der Waals surface area (Å²) >= 11 is 0. The van der Waals surface area contributed by atoms with Crippen LogP contribution in [0.5, 0.6) is 11.5 Å².